The third kappa shape index (κ3) is 7.46. The Kier molecular flexibility index (Phi) is 10.6. The summed E-state index contributed by atoms with van der Waals surface area (Å²) in [5.41, 5.74) is 2.49. The molecule has 7 nitrogen and oxygen atoms in total. The number of carbonyl (C=O) groups is 2. The van der Waals surface area contributed by atoms with Crippen LogP contribution in [0.2, 0.25) is 10.0 Å². The van der Waals surface area contributed by atoms with E-state index in [-0.39, 0.29) is 23.4 Å². The molecule has 1 aliphatic carbocycles. The van der Waals surface area contributed by atoms with E-state index >= 15 is 0 Å². The fourth-order valence-corrected chi connectivity index (χ4v) is 7.25. The van der Waals surface area contributed by atoms with Crippen LogP contribution in [0, 0.1) is 13.8 Å². The summed E-state index contributed by atoms with van der Waals surface area (Å²) in [4.78, 5) is 29.3. The topological polar surface area (TPSA) is 86.8 Å². The highest BCUT2D eigenvalue weighted by molar-refractivity contribution is 7.92. The highest BCUT2D eigenvalue weighted by Crippen LogP contribution is 2.30. The van der Waals surface area contributed by atoms with E-state index in [1.54, 1.807) is 55.5 Å². The molecule has 0 bridgehead atoms. The molecule has 0 heterocycles. The van der Waals surface area contributed by atoms with Gasteiger partial charge in [0.25, 0.3) is 10.0 Å². The third-order valence-corrected chi connectivity index (χ3v) is 10.1. The predicted molar refractivity (Wildman–Crippen MR) is 168 cm³/mol. The van der Waals surface area contributed by atoms with E-state index in [1.807, 2.05) is 19.9 Å². The quantitative estimate of drug-likeness (QED) is 0.256. The fourth-order valence-electron chi connectivity index (χ4n) is 5.35. The normalized spacial score (nSPS) is 14.4. The Balaban J connectivity index is 1.75. The van der Waals surface area contributed by atoms with Crippen molar-refractivity contribution in [3.8, 4) is 0 Å². The molecule has 0 saturated heterocycles. The van der Waals surface area contributed by atoms with Crippen LogP contribution in [-0.4, -0.2) is 43.8 Å². The van der Waals surface area contributed by atoms with Crippen LogP contribution < -0.4 is 9.62 Å². The lowest BCUT2D eigenvalue weighted by Gasteiger charge is -2.34. The lowest BCUT2D eigenvalue weighted by molar-refractivity contribution is -0.140. The van der Waals surface area contributed by atoms with Gasteiger partial charge in [-0.05, 0) is 80.6 Å². The molecule has 3 aromatic carbocycles. The van der Waals surface area contributed by atoms with Crippen LogP contribution in [0.25, 0.3) is 0 Å². The first kappa shape index (κ1) is 31.9. The number of benzene rings is 3. The van der Waals surface area contributed by atoms with E-state index in [1.165, 1.54) is 17.0 Å². The Hall–Kier alpha value is -3.07. The Labute approximate surface area is 258 Å². The molecule has 0 spiro atoms. The molecule has 42 heavy (non-hydrogen) atoms. The lowest BCUT2D eigenvalue weighted by Crippen LogP contribution is -2.53. The van der Waals surface area contributed by atoms with Crippen LogP contribution in [0.4, 0.5) is 5.69 Å². The van der Waals surface area contributed by atoms with Gasteiger partial charge < -0.3 is 10.2 Å². The van der Waals surface area contributed by atoms with Gasteiger partial charge in [0.1, 0.15) is 12.6 Å². The molecule has 1 N–H and O–H groups in total. The van der Waals surface area contributed by atoms with E-state index in [0.717, 1.165) is 35.6 Å². The Bertz CT molecular complexity index is 1520. The summed E-state index contributed by atoms with van der Waals surface area (Å²) >= 11 is 12.7. The van der Waals surface area contributed by atoms with Crippen LogP contribution in [0.5, 0.6) is 0 Å². The van der Waals surface area contributed by atoms with E-state index in [9.17, 15) is 18.0 Å². The smallest absolute Gasteiger partial charge is 0.264 e. The van der Waals surface area contributed by atoms with Gasteiger partial charge in [-0.15, -0.1) is 0 Å². The van der Waals surface area contributed by atoms with Crippen molar-refractivity contribution in [1.82, 2.24) is 10.2 Å². The summed E-state index contributed by atoms with van der Waals surface area (Å²) in [6.07, 6.45) is 4.25. The van der Waals surface area contributed by atoms with Crippen molar-refractivity contribution in [2.24, 2.45) is 0 Å². The second-order valence-corrected chi connectivity index (χ2v) is 13.5. The van der Waals surface area contributed by atoms with Crippen LogP contribution in [0.1, 0.15) is 55.7 Å². The Morgan fingerprint density at radius 3 is 2.26 bits per heavy atom. The molecule has 0 radical (unpaired) electrons. The van der Waals surface area contributed by atoms with Crippen molar-refractivity contribution in [3.63, 3.8) is 0 Å². The maximum absolute atomic E-state index is 14.3. The van der Waals surface area contributed by atoms with Crippen LogP contribution in [-0.2, 0) is 26.2 Å². The van der Waals surface area contributed by atoms with E-state index in [4.69, 9.17) is 23.2 Å². The molecule has 2 amide bonds. The van der Waals surface area contributed by atoms with Gasteiger partial charge >= 0.3 is 0 Å². The van der Waals surface area contributed by atoms with Crippen LogP contribution >= 0.6 is 23.2 Å². The fraction of sp³-hybridized carbons (Fsp3) is 0.375. The number of halogens is 2. The number of nitrogens with zero attached hydrogens (tertiary/aromatic N) is 2. The summed E-state index contributed by atoms with van der Waals surface area (Å²) in [5.74, 6) is -0.770. The average molecular weight is 631 g/mol. The third-order valence-electron chi connectivity index (χ3n) is 7.70. The minimum absolute atomic E-state index is 0.0487. The number of sulfonamides is 1. The van der Waals surface area contributed by atoms with E-state index in [0.29, 0.717) is 33.3 Å². The van der Waals surface area contributed by atoms with Gasteiger partial charge in [0.15, 0.2) is 0 Å². The zero-order valence-corrected chi connectivity index (χ0v) is 26.5. The second-order valence-electron chi connectivity index (χ2n) is 10.8. The van der Waals surface area contributed by atoms with Crippen molar-refractivity contribution in [3.05, 3.63) is 93.5 Å². The van der Waals surface area contributed by atoms with Crippen LogP contribution in [0.3, 0.4) is 0 Å². The maximum Gasteiger partial charge on any atom is 0.264 e. The Morgan fingerprint density at radius 1 is 0.976 bits per heavy atom. The maximum atomic E-state index is 14.3. The molecule has 1 aliphatic rings. The van der Waals surface area contributed by atoms with Gasteiger partial charge in [0, 0.05) is 22.6 Å². The molecule has 1 saturated carbocycles. The number of carbonyl (C=O) groups excluding carboxylic acids is 2. The molecular formula is C32H37Cl2N3O4S. The second kappa shape index (κ2) is 13.9. The number of amides is 2. The molecular weight excluding hydrogens is 593 g/mol. The van der Waals surface area contributed by atoms with E-state index in [2.05, 4.69) is 5.32 Å². The van der Waals surface area contributed by atoms with Crippen LogP contribution in [0.15, 0.2) is 71.6 Å². The number of hydrogen-bond donors (Lipinski definition) is 1. The van der Waals surface area contributed by atoms with Gasteiger partial charge in [-0.3, -0.25) is 13.9 Å². The highest BCUT2D eigenvalue weighted by Gasteiger charge is 2.35. The molecule has 224 valence electrons. The molecule has 10 heteroatoms. The Morgan fingerprint density at radius 2 is 1.64 bits per heavy atom. The molecule has 1 fully saturated rings. The summed E-state index contributed by atoms with van der Waals surface area (Å²) in [5, 5.41) is 4.02. The molecule has 0 aromatic heterocycles. The summed E-state index contributed by atoms with van der Waals surface area (Å²) < 4.78 is 29.3. The zero-order valence-electron chi connectivity index (χ0n) is 24.1. The minimum Gasteiger partial charge on any atom is -0.352 e. The zero-order chi connectivity index (χ0) is 30.4. The number of aryl methyl sites for hydroxylation is 2. The first-order chi connectivity index (χ1) is 20.0. The largest absolute Gasteiger partial charge is 0.352 e. The predicted octanol–water partition coefficient (Wildman–Crippen LogP) is 6.67. The lowest BCUT2D eigenvalue weighted by atomic mass is 10.1. The van der Waals surface area contributed by atoms with Crippen molar-refractivity contribution < 1.29 is 18.0 Å². The number of rotatable bonds is 11. The standard InChI is InChI=1S/C32H37Cl2N3O4S/c1-4-29(32(39)35-26-10-6-7-11-26)36(20-24-9-5-8-12-28(24)34)31(38)21-37(30-18-15-25(33)19-23(30)3)42(40,41)27-16-13-22(2)14-17-27/h5,8-9,12-19,26,29H,4,6-7,10-11,20-21H2,1-3H3,(H,35,39)/t29-/m1/s1. The molecule has 4 rings (SSSR count). The van der Waals surface area contributed by atoms with Gasteiger partial charge in [0.2, 0.25) is 11.8 Å². The molecule has 1 atom stereocenters. The molecule has 0 aliphatic heterocycles. The number of nitrogens with one attached hydrogen (secondary N) is 1. The van der Waals surface area contributed by atoms with Crippen molar-refractivity contribution in [2.45, 2.75) is 76.4 Å². The van der Waals surface area contributed by atoms with Crippen molar-refractivity contribution in [1.29, 1.82) is 0 Å². The van der Waals surface area contributed by atoms with Gasteiger partial charge in [0.05, 0.1) is 10.6 Å². The van der Waals surface area contributed by atoms with Gasteiger partial charge in [-0.2, -0.15) is 0 Å². The first-order valence-corrected chi connectivity index (χ1v) is 16.4. The van der Waals surface area contributed by atoms with E-state index < -0.39 is 28.5 Å². The number of anilines is 1. The summed E-state index contributed by atoms with van der Waals surface area (Å²) in [6.45, 7) is 4.99. The van der Waals surface area contributed by atoms with Crippen molar-refractivity contribution >= 4 is 50.7 Å². The molecule has 3 aromatic rings. The molecule has 0 unspecified atom stereocenters. The van der Waals surface area contributed by atoms with Gasteiger partial charge in [-0.25, -0.2) is 8.42 Å². The monoisotopic (exact) mass is 629 g/mol. The number of hydrogen-bond acceptors (Lipinski definition) is 4. The SMILES string of the molecule is CC[C@H](C(=O)NC1CCCC1)N(Cc1ccccc1Cl)C(=O)CN(c1ccc(Cl)cc1C)S(=O)(=O)c1ccc(C)cc1. The highest BCUT2D eigenvalue weighted by atomic mass is 35.5. The van der Waals surface area contributed by atoms with Gasteiger partial charge in [-0.1, -0.05) is 78.9 Å². The van der Waals surface area contributed by atoms with Crippen molar-refractivity contribution in [2.75, 3.05) is 10.8 Å². The average Bonchev–Trinajstić information content (AvgIpc) is 3.46. The summed E-state index contributed by atoms with van der Waals surface area (Å²) in [6, 6.07) is 17.7. The summed E-state index contributed by atoms with van der Waals surface area (Å²) in [7, 11) is -4.17. The minimum atomic E-state index is -4.17. The first-order valence-electron chi connectivity index (χ1n) is 14.2.